The molecule has 4 nitrogen and oxygen atoms in total. The largest absolute Gasteiger partial charge is 0.399 e. The van der Waals surface area contributed by atoms with Crippen molar-refractivity contribution in [3.8, 4) is 0 Å². The van der Waals surface area contributed by atoms with E-state index in [0.29, 0.717) is 26.4 Å². The fourth-order valence-corrected chi connectivity index (χ4v) is 2.88. The van der Waals surface area contributed by atoms with Crippen molar-refractivity contribution >= 4 is 39.1 Å². The highest BCUT2D eigenvalue weighted by atomic mass is 79.9. The summed E-state index contributed by atoms with van der Waals surface area (Å²) in [4.78, 5) is 11.0. The minimum Gasteiger partial charge on any atom is -0.399 e. The lowest BCUT2D eigenvalue weighted by Gasteiger charge is -2.05. The van der Waals surface area contributed by atoms with Crippen molar-refractivity contribution in [3.05, 3.63) is 62.4 Å². The number of thioether (sulfide) groups is 1. The Labute approximate surface area is 127 Å². The van der Waals surface area contributed by atoms with Crippen molar-refractivity contribution in [1.29, 1.82) is 0 Å². The van der Waals surface area contributed by atoms with Crippen molar-refractivity contribution in [2.75, 3.05) is 5.73 Å². The third-order valence-electron chi connectivity index (χ3n) is 2.58. The topological polar surface area (TPSA) is 69.2 Å². The van der Waals surface area contributed by atoms with Gasteiger partial charge in [-0.15, -0.1) is 11.8 Å². The van der Waals surface area contributed by atoms with Gasteiger partial charge in [0.15, 0.2) is 0 Å². The molecule has 0 fully saturated rings. The predicted octanol–water partition coefficient (Wildman–Crippen LogP) is 4.37. The third-order valence-corrected chi connectivity index (χ3v) is 4.17. The molecule has 0 bridgehead atoms. The van der Waals surface area contributed by atoms with Crippen LogP contribution >= 0.6 is 27.7 Å². The van der Waals surface area contributed by atoms with Crippen LogP contribution in [0.5, 0.6) is 0 Å². The van der Waals surface area contributed by atoms with Gasteiger partial charge in [-0.3, -0.25) is 10.1 Å². The van der Waals surface area contributed by atoms with Crippen molar-refractivity contribution in [3.63, 3.8) is 0 Å². The first-order valence-corrected chi connectivity index (χ1v) is 7.36. The fraction of sp³-hybridized carbons (Fsp3) is 0.0769. The standard InChI is InChI=1S/C13H10BrFN2O2S/c14-9-2-1-8(12(5-9)17(18)19)7-20-13-4-3-10(16)6-11(13)15/h1-6H,7,16H2. The molecule has 0 aliphatic rings. The van der Waals surface area contributed by atoms with Gasteiger partial charge in [0, 0.05) is 32.4 Å². The minimum atomic E-state index is -0.444. The molecule has 0 aliphatic carbocycles. The van der Waals surface area contributed by atoms with Crippen LogP contribution in [-0.4, -0.2) is 4.92 Å². The zero-order valence-electron chi connectivity index (χ0n) is 10.2. The molecule has 0 heterocycles. The van der Waals surface area contributed by atoms with Gasteiger partial charge < -0.3 is 5.73 Å². The molecule has 104 valence electrons. The molecular formula is C13H10BrFN2O2S. The summed E-state index contributed by atoms with van der Waals surface area (Å²) in [6.45, 7) is 0. The number of nitro groups is 1. The average Bonchev–Trinajstić information content (AvgIpc) is 2.38. The maximum Gasteiger partial charge on any atom is 0.274 e. The molecule has 0 saturated heterocycles. The van der Waals surface area contributed by atoms with Gasteiger partial charge in [0.05, 0.1) is 4.92 Å². The van der Waals surface area contributed by atoms with E-state index in [2.05, 4.69) is 15.9 Å². The summed E-state index contributed by atoms with van der Waals surface area (Å²) >= 11 is 4.39. The number of nitrogens with zero attached hydrogens (tertiary/aromatic N) is 1. The molecule has 0 aromatic heterocycles. The van der Waals surface area contributed by atoms with Gasteiger partial charge in [-0.05, 0) is 24.3 Å². The van der Waals surface area contributed by atoms with Crippen molar-refractivity contribution in [2.45, 2.75) is 10.6 Å². The van der Waals surface area contributed by atoms with E-state index in [9.17, 15) is 14.5 Å². The zero-order chi connectivity index (χ0) is 14.7. The lowest BCUT2D eigenvalue weighted by molar-refractivity contribution is -0.385. The van der Waals surface area contributed by atoms with Crippen LogP contribution < -0.4 is 5.73 Å². The van der Waals surface area contributed by atoms with E-state index in [0.717, 1.165) is 0 Å². The van der Waals surface area contributed by atoms with E-state index in [1.54, 1.807) is 24.3 Å². The van der Waals surface area contributed by atoms with E-state index in [4.69, 9.17) is 5.73 Å². The first kappa shape index (κ1) is 14.8. The molecular weight excluding hydrogens is 347 g/mol. The maximum atomic E-state index is 13.6. The smallest absolute Gasteiger partial charge is 0.274 e. The summed E-state index contributed by atoms with van der Waals surface area (Å²) in [6, 6.07) is 9.22. The number of rotatable bonds is 4. The van der Waals surface area contributed by atoms with Gasteiger partial charge in [-0.2, -0.15) is 0 Å². The van der Waals surface area contributed by atoms with E-state index < -0.39 is 10.7 Å². The van der Waals surface area contributed by atoms with Crippen LogP contribution in [0.25, 0.3) is 0 Å². The average molecular weight is 357 g/mol. The zero-order valence-corrected chi connectivity index (χ0v) is 12.6. The molecule has 0 amide bonds. The summed E-state index contributed by atoms with van der Waals surface area (Å²) in [5, 5.41) is 11.0. The highest BCUT2D eigenvalue weighted by molar-refractivity contribution is 9.10. The molecule has 0 saturated carbocycles. The number of benzene rings is 2. The van der Waals surface area contributed by atoms with Crippen molar-refractivity contribution in [2.24, 2.45) is 0 Å². The SMILES string of the molecule is Nc1ccc(SCc2ccc(Br)cc2[N+](=O)[O-])c(F)c1. The summed E-state index contributed by atoms with van der Waals surface area (Å²) in [5.41, 5.74) is 6.38. The summed E-state index contributed by atoms with van der Waals surface area (Å²) in [7, 11) is 0. The normalized spacial score (nSPS) is 10.5. The third kappa shape index (κ3) is 3.49. The number of hydrogen-bond donors (Lipinski definition) is 1. The first-order chi connectivity index (χ1) is 9.47. The molecule has 2 aromatic rings. The molecule has 0 unspecified atom stereocenters. The number of anilines is 1. The number of nitro benzene ring substituents is 1. The Bertz CT molecular complexity index is 667. The van der Waals surface area contributed by atoms with E-state index in [-0.39, 0.29) is 5.69 Å². The van der Waals surface area contributed by atoms with Crippen LogP contribution in [0.15, 0.2) is 45.8 Å². The highest BCUT2D eigenvalue weighted by Crippen LogP contribution is 2.31. The number of halogens is 2. The fourth-order valence-electron chi connectivity index (χ4n) is 1.62. The van der Waals surface area contributed by atoms with Crippen LogP contribution in [-0.2, 0) is 5.75 Å². The second kappa shape index (κ2) is 6.23. The van der Waals surface area contributed by atoms with E-state index in [1.165, 1.54) is 23.9 Å². The van der Waals surface area contributed by atoms with Gasteiger partial charge in [-0.1, -0.05) is 22.0 Å². The molecule has 7 heteroatoms. The van der Waals surface area contributed by atoms with Crippen LogP contribution in [0.3, 0.4) is 0 Å². The van der Waals surface area contributed by atoms with Gasteiger partial charge in [-0.25, -0.2) is 4.39 Å². The number of nitrogens with two attached hydrogens (primary N) is 1. The Hall–Kier alpha value is -1.60. The summed E-state index contributed by atoms with van der Waals surface area (Å²) in [6.07, 6.45) is 0. The molecule has 2 aromatic carbocycles. The molecule has 20 heavy (non-hydrogen) atoms. The van der Waals surface area contributed by atoms with Crippen LogP contribution in [0, 0.1) is 15.9 Å². The van der Waals surface area contributed by atoms with Crippen LogP contribution in [0.1, 0.15) is 5.56 Å². The van der Waals surface area contributed by atoms with Crippen molar-refractivity contribution < 1.29 is 9.31 Å². The molecule has 2 rings (SSSR count). The minimum absolute atomic E-state index is 0.0164. The Morgan fingerprint density at radius 2 is 2.05 bits per heavy atom. The number of hydrogen-bond acceptors (Lipinski definition) is 4. The Morgan fingerprint density at radius 1 is 1.30 bits per heavy atom. The maximum absolute atomic E-state index is 13.6. The second-order valence-electron chi connectivity index (χ2n) is 4.01. The molecule has 0 spiro atoms. The van der Waals surface area contributed by atoms with Gasteiger partial charge in [0.25, 0.3) is 5.69 Å². The Morgan fingerprint density at radius 3 is 2.70 bits per heavy atom. The molecule has 0 radical (unpaired) electrons. The monoisotopic (exact) mass is 356 g/mol. The van der Waals surface area contributed by atoms with Crippen LogP contribution in [0.4, 0.5) is 15.8 Å². The van der Waals surface area contributed by atoms with Crippen LogP contribution in [0.2, 0.25) is 0 Å². The van der Waals surface area contributed by atoms with Gasteiger partial charge in [0.2, 0.25) is 0 Å². The predicted molar refractivity (Wildman–Crippen MR) is 81.2 cm³/mol. The van der Waals surface area contributed by atoms with Gasteiger partial charge in [0.1, 0.15) is 5.82 Å². The number of nitrogen functional groups attached to an aromatic ring is 1. The van der Waals surface area contributed by atoms with Gasteiger partial charge >= 0.3 is 0 Å². The summed E-state index contributed by atoms with van der Waals surface area (Å²) in [5.74, 6) is -0.112. The molecule has 0 atom stereocenters. The molecule has 0 aliphatic heterocycles. The first-order valence-electron chi connectivity index (χ1n) is 5.58. The molecule has 2 N–H and O–H groups in total. The van der Waals surface area contributed by atoms with E-state index >= 15 is 0 Å². The summed E-state index contributed by atoms with van der Waals surface area (Å²) < 4.78 is 14.3. The Balaban J connectivity index is 2.20. The highest BCUT2D eigenvalue weighted by Gasteiger charge is 2.15. The van der Waals surface area contributed by atoms with E-state index in [1.807, 2.05) is 0 Å². The second-order valence-corrected chi connectivity index (χ2v) is 5.94. The lowest BCUT2D eigenvalue weighted by Crippen LogP contribution is -1.95. The lowest BCUT2D eigenvalue weighted by atomic mass is 10.2. The quantitative estimate of drug-likeness (QED) is 0.382. The van der Waals surface area contributed by atoms with Crippen molar-refractivity contribution in [1.82, 2.24) is 0 Å². The Kier molecular flexibility index (Phi) is 4.61.